The molecule has 4 N–H and O–H groups in total. The van der Waals surface area contributed by atoms with E-state index in [0.717, 1.165) is 24.4 Å². The summed E-state index contributed by atoms with van der Waals surface area (Å²) in [6, 6.07) is 13.9. The van der Waals surface area contributed by atoms with Crippen LogP contribution in [0.1, 0.15) is 38.3 Å². The number of ether oxygens (including phenoxy) is 3. The number of rotatable bonds is 11. The topological polar surface area (TPSA) is 178 Å². The van der Waals surface area contributed by atoms with Gasteiger partial charge in [0.15, 0.2) is 0 Å². The summed E-state index contributed by atoms with van der Waals surface area (Å²) in [5, 5.41) is 35.8. The van der Waals surface area contributed by atoms with Crippen molar-refractivity contribution < 1.29 is 51.7 Å². The number of thioether (sulfide) groups is 1. The van der Waals surface area contributed by atoms with Crippen molar-refractivity contribution in [2.45, 2.75) is 85.8 Å². The molecule has 0 radical (unpaired) electrons. The SMILES string of the molecule is COC(=O)[C@@]1(Sc2ccc(C)cc2)C[C@H](O)[C@@H](NC(=O)OC(C)(C)C)[C@H]([C@H](O)[C@H](O)COS(=O)(=O)Cc2ccccc2)O1. The van der Waals surface area contributed by atoms with E-state index in [9.17, 15) is 33.3 Å². The summed E-state index contributed by atoms with van der Waals surface area (Å²) in [5.41, 5.74) is 0.506. The molecule has 1 heterocycles. The van der Waals surface area contributed by atoms with Crippen LogP contribution in [-0.4, -0.2) is 90.5 Å². The first-order valence-corrected chi connectivity index (χ1v) is 15.9. The van der Waals surface area contributed by atoms with E-state index in [1.807, 2.05) is 19.1 Å². The van der Waals surface area contributed by atoms with Gasteiger partial charge in [0.1, 0.15) is 29.7 Å². The molecule has 2 aromatic rings. The maximum Gasteiger partial charge on any atom is 0.408 e. The van der Waals surface area contributed by atoms with Crippen LogP contribution < -0.4 is 5.32 Å². The fourth-order valence-corrected chi connectivity index (χ4v) is 6.63. The van der Waals surface area contributed by atoms with E-state index in [-0.39, 0.29) is 6.42 Å². The zero-order valence-corrected chi connectivity index (χ0v) is 26.3. The van der Waals surface area contributed by atoms with E-state index in [1.165, 1.54) is 0 Å². The molecule has 43 heavy (non-hydrogen) atoms. The predicted molar refractivity (Wildman–Crippen MR) is 157 cm³/mol. The Labute approximate surface area is 255 Å². The number of carbonyl (C=O) groups excluding carboxylic acids is 2. The molecule has 1 fully saturated rings. The van der Waals surface area contributed by atoms with Crippen LogP contribution >= 0.6 is 11.8 Å². The molecule has 1 aliphatic rings. The molecule has 3 rings (SSSR count). The molecule has 6 atom stereocenters. The first-order valence-electron chi connectivity index (χ1n) is 13.5. The molecule has 1 amide bonds. The van der Waals surface area contributed by atoms with Crippen molar-refractivity contribution in [3.8, 4) is 0 Å². The normalized spacial score (nSPS) is 24.0. The minimum Gasteiger partial charge on any atom is -0.466 e. The van der Waals surface area contributed by atoms with Crippen molar-refractivity contribution >= 4 is 33.9 Å². The summed E-state index contributed by atoms with van der Waals surface area (Å²) in [5.74, 6) is -1.36. The summed E-state index contributed by atoms with van der Waals surface area (Å²) < 4.78 is 46.5. The van der Waals surface area contributed by atoms with Crippen molar-refractivity contribution in [1.29, 1.82) is 0 Å². The number of hydrogen-bond acceptors (Lipinski definition) is 12. The second kappa shape index (κ2) is 14.4. The van der Waals surface area contributed by atoms with E-state index in [1.54, 1.807) is 63.2 Å². The number of alkyl carbamates (subject to hydrolysis) is 1. The summed E-state index contributed by atoms with van der Waals surface area (Å²) >= 11 is 0.919. The van der Waals surface area contributed by atoms with Crippen molar-refractivity contribution in [2.24, 2.45) is 0 Å². The molecular weight excluding hydrogens is 602 g/mol. The van der Waals surface area contributed by atoms with Crippen LogP contribution in [0, 0.1) is 6.92 Å². The Morgan fingerprint density at radius 1 is 1.12 bits per heavy atom. The third-order valence-corrected chi connectivity index (χ3v) is 8.84. The molecule has 0 aromatic heterocycles. The summed E-state index contributed by atoms with van der Waals surface area (Å²) in [6.07, 6.45) is -8.32. The highest BCUT2D eigenvalue weighted by molar-refractivity contribution is 8.01. The van der Waals surface area contributed by atoms with Gasteiger partial charge in [0.05, 0.1) is 25.9 Å². The van der Waals surface area contributed by atoms with Gasteiger partial charge in [-0.15, -0.1) is 0 Å². The molecule has 12 nitrogen and oxygen atoms in total. The average molecular weight is 642 g/mol. The van der Waals surface area contributed by atoms with Gasteiger partial charge in [-0.25, -0.2) is 9.59 Å². The van der Waals surface area contributed by atoms with Gasteiger partial charge >= 0.3 is 12.1 Å². The Kier molecular flexibility index (Phi) is 11.6. The van der Waals surface area contributed by atoms with E-state index >= 15 is 0 Å². The third kappa shape index (κ3) is 9.89. The lowest BCUT2D eigenvalue weighted by atomic mass is 9.90. The van der Waals surface area contributed by atoms with Gasteiger partial charge in [0.25, 0.3) is 10.1 Å². The Balaban J connectivity index is 1.89. The minimum absolute atomic E-state index is 0.375. The smallest absolute Gasteiger partial charge is 0.408 e. The zero-order valence-electron chi connectivity index (χ0n) is 24.6. The van der Waals surface area contributed by atoms with Crippen molar-refractivity contribution in [1.82, 2.24) is 5.32 Å². The molecule has 1 aliphatic heterocycles. The molecule has 0 unspecified atom stereocenters. The van der Waals surface area contributed by atoms with E-state index in [2.05, 4.69) is 5.32 Å². The van der Waals surface area contributed by atoms with Crippen LogP contribution in [0.25, 0.3) is 0 Å². The number of nitrogens with one attached hydrogen (secondary N) is 1. The lowest BCUT2D eigenvalue weighted by molar-refractivity contribution is -0.205. The summed E-state index contributed by atoms with van der Waals surface area (Å²) in [4.78, 5) is 24.5. The second-order valence-corrected chi connectivity index (χ2v) is 14.2. The van der Waals surface area contributed by atoms with E-state index in [0.29, 0.717) is 10.5 Å². The van der Waals surface area contributed by atoms with Crippen LogP contribution in [0.2, 0.25) is 0 Å². The van der Waals surface area contributed by atoms with Crippen molar-refractivity contribution in [3.63, 3.8) is 0 Å². The van der Waals surface area contributed by atoms with Gasteiger partial charge in [-0.2, -0.15) is 8.42 Å². The average Bonchev–Trinajstić information content (AvgIpc) is 2.92. The second-order valence-electron chi connectivity index (χ2n) is 11.2. The Morgan fingerprint density at radius 2 is 1.74 bits per heavy atom. The van der Waals surface area contributed by atoms with Crippen LogP contribution in [0.5, 0.6) is 0 Å². The standard InChI is InChI=1S/C29H39NO11S2/c1-18-11-13-20(14-12-18)42-29(26(34)38-5)15-21(31)23(30-27(35)41-28(2,3)4)25(40-29)24(33)22(32)16-39-43(36,37)17-19-9-7-6-8-10-19/h6-14,21-25,31-33H,15-17H2,1-5H3,(H,30,35)/t21-,22+,23+,24+,25+,29-/m0/s1. The number of esters is 1. The number of aliphatic hydroxyl groups is 3. The van der Waals surface area contributed by atoms with Gasteiger partial charge in [-0.1, -0.05) is 59.8 Å². The molecule has 1 saturated heterocycles. The highest BCUT2D eigenvalue weighted by Crippen LogP contribution is 2.44. The molecule has 0 spiro atoms. The number of hydrogen-bond donors (Lipinski definition) is 4. The quantitative estimate of drug-likeness (QED) is 0.208. The third-order valence-electron chi connectivity index (χ3n) is 6.39. The molecule has 0 saturated carbocycles. The Hall–Kier alpha value is -2.72. The Morgan fingerprint density at radius 3 is 2.33 bits per heavy atom. The number of amides is 1. The van der Waals surface area contributed by atoms with Crippen LogP contribution in [0.3, 0.4) is 0 Å². The monoisotopic (exact) mass is 641 g/mol. The fourth-order valence-electron chi connectivity index (χ4n) is 4.37. The maximum atomic E-state index is 13.2. The number of carbonyl (C=O) groups is 2. The minimum atomic E-state index is -4.17. The van der Waals surface area contributed by atoms with Crippen LogP contribution in [0.15, 0.2) is 59.5 Å². The molecular formula is C29H39NO11S2. The molecule has 14 heteroatoms. The number of aliphatic hydroxyl groups excluding tert-OH is 3. The fraction of sp³-hybridized carbons (Fsp3) is 0.517. The zero-order chi connectivity index (χ0) is 32.0. The molecule has 238 valence electrons. The first kappa shape index (κ1) is 34.8. The van der Waals surface area contributed by atoms with Gasteiger partial charge in [-0.05, 0) is 45.4 Å². The van der Waals surface area contributed by atoms with Gasteiger partial charge in [0.2, 0.25) is 4.93 Å². The van der Waals surface area contributed by atoms with Crippen molar-refractivity contribution in [3.05, 3.63) is 65.7 Å². The summed E-state index contributed by atoms with van der Waals surface area (Å²) in [7, 11) is -3.04. The highest BCUT2D eigenvalue weighted by atomic mass is 32.2. The van der Waals surface area contributed by atoms with Gasteiger partial charge < -0.3 is 34.8 Å². The maximum absolute atomic E-state index is 13.2. The van der Waals surface area contributed by atoms with Gasteiger partial charge in [0, 0.05) is 11.3 Å². The first-order chi connectivity index (χ1) is 20.0. The molecule has 0 bridgehead atoms. The predicted octanol–water partition coefficient (Wildman–Crippen LogP) is 2.27. The molecule has 2 aromatic carbocycles. The largest absolute Gasteiger partial charge is 0.466 e. The van der Waals surface area contributed by atoms with Gasteiger partial charge in [-0.3, -0.25) is 4.18 Å². The van der Waals surface area contributed by atoms with Crippen molar-refractivity contribution in [2.75, 3.05) is 13.7 Å². The number of benzene rings is 2. The van der Waals surface area contributed by atoms with Crippen LogP contribution in [0.4, 0.5) is 4.79 Å². The van der Waals surface area contributed by atoms with Crippen LogP contribution in [-0.2, 0) is 39.1 Å². The summed E-state index contributed by atoms with van der Waals surface area (Å²) in [6.45, 7) is 5.90. The number of methoxy groups -OCH3 is 1. The molecule has 0 aliphatic carbocycles. The Bertz CT molecular complexity index is 1330. The lowest BCUT2D eigenvalue weighted by Gasteiger charge is -2.47. The van der Waals surface area contributed by atoms with E-state index in [4.69, 9.17) is 18.4 Å². The van der Waals surface area contributed by atoms with E-state index < -0.39 is 75.5 Å². The lowest BCUT2D eigenvalue weighted by Crippen LogP contribution is -2.67. The number of aryl methyl sites for hydroxylation is 1. The highest BCUT2D eigenvalue weighted by Gasteiger charge is 2.56.